The molecule has 106 valence electrons. The molecule has 2 N–H and O–H groups in total. The van der Waals surface area contributed by atoms with Crippen LogP contribution in [-0.2, 0) is 0 Å². The van der Waals surface area contributed by atoms with Gasteiger partial charge in [0.15, 0.2) is 0 Å². The fourth-order valence-electron chi connectivity index (χ4n) is 1.88. The number of halogens is 2. The van der Waals surface area contributed by atoms with Crippen LogP contribution in [0, 0.1) is 0 Å². The Labute approximate surface area is 140 Å². The van der Waals surface area contributed by atoms with Crippen LogP contribution < -0.4 is 5.73 Å². The molecule has 0 aliphatic rings. The smallest absolute Gasteiger partial charge is 0.111 e. The van der Waals surface area contributed by atoms with Crippen molar-refractivity contribution in [3.63, 3.8) is 0 Å². The van der Waals surface area contributed by atoms with Gasteiger partial charge in [-0.25, -0.2) is 4.98 Å². The van der Waals surface area contributed by atoms with Crippen molar-refractivity contribution in [2.45, 2.75) is 29.7 Å². The molecule has 0 radical (unpaired) electrons. The summed E-state index contributed by atoms with van der Waals surface area (Å²) in [5.74, 6) is 0. The predicted octanol–water partition coefficient (Wildman–Crippen LogP) is 5.18. The van der Waals surface area contributed by atoms with E-state index in [-0.39, 0.29) is 11.3 Å². The third-order valence-electron chi connectivity index (χ3n) is 3.00. The van der Waals surface area contributed by atoms with E-state index in [0.717, 1.165) is 20.4 Å². The molecule has 0 aliphatic carbocycles. The Morgan fingerprint density at radius 3 is 2.70 bits per heavy atom. The number of thioether (sulfide) groups is 1. The third kappa shape index (κ3) is 4.07. The summed E-state index contributed by atoms with van der Waals surface area (Å²) < 4.78 is 2.08. The number of hydrogen-bond acceptors (Lipinski definition) is 3. The van der Waals surface area contributed by atoms with Gasteiger partial charge in [0.1, 0.15) is 5.03 Å². The minimum Gasteiger partial charge on any atom is -0.326 e. The van der Waals surface area contributed by atoms with Gasteiger partial charge >= 0.3 is 0 Å². The van der Waals surface area contributed by atoms with Crippen LogP contribution in [0.15, 0.2) is 56.6 Å². The number of benzene rings is 1. The van der Waals surface area contributed by atoms with Crippen molar-refractivity contribution in [2.75, 3.05) is 0 Å². The van der Waals surface area contributed by atoms with E-state index in [2.05, 4.69) is 55.9 Å². The van der Waals surface area contributed by atoms with E-state index in [1.165, 1.54) is 5.56 Å². The van der Waals surface area contributed by atoms with E-state index in [1.807, 2.05) is 30.5 Å². The molecule has 1 aromatic carbocycles. The maximum absolute atomic E-state index is 6.32. The number of hydrogen-bond donors (Lipinski definition) is 1. The average Bonchev–Trinajstić information content (AvgIpc) is 2.45. The fraction of sp³-hybridized carbons (Fsp3) is 0.267. The van der Waals surface area contributed by atoms with E-state index in [0.29, 0.717) is 0 Å². The minimum absolute atomic E-state index is 0.0863. The summed E-state index contributed by atoms with van der Waals surface area (Å²) in [6, 6.07) is 12.3. The molecule has 2 unspecified atom stereocenters. The molecule has 20 heavy (non-hydrogen) atoms. The molecule has 0 bridgehead atoms. The number of nitrogens with two attached hydrogens (primary N) is 1. The van der Waals surface area contributed by atoms with Crippen LogP contribution in [-0.4, -0.2) is 11.0 Å². The van der Waals surface area contributed by atoms with E-state index in [9.17, 15) is 0 Å². The third-order valence-corrected chi connectivity index (χ3v) is 5.82. The van der Waals surface area contributed by atoms with Gasteiger partial charge < -0.3 is 5.73 Å². The van der Waals surface area contributed by atoms with Crippen molar-refractivity contribution in [1.82, 2.24) is 4.98 Å². The highest BCUT2D eigenvalue weighted by molar-refractivity contribution is 9.10. The maximum Gasteiger partial charge on any atom is 0.111 e. The van der Waals surface area contributed by atoms with Crippen molar-refractivity contribution in [3.8, 4) is 0 Å². The second kappa shape index (κ2) is 7.59. The highest BCUT2D eigenvalue weighted by Crippen LogP contribution is 2.40. The lowest BCUT2D eigenvalue weighted by Gasteiger charge is -2.23. The summed E-state index contributed by atoms with van der Waals surface area (Å²) in [5.41, 5.74) is 7.54. The van der Waals surface area contributed by atoms with Gasteiger partial charge in [-0.05, 0) is 52.2 Å². The van der Waals surface area contributed by atoms with Crippen LogP contribution in [0.4, 0.5) is 0 Å². The Morgan fingerprint density at radius 2 is 2.05 bits per heavy atom. The SMILES string of the molecule is CCC(N)C(Sc1ncccc1Br)c1cccc(Br)c1. The lowest BCUT2D eigenvalue weighted by atomic mass is 10.0. The summed E-state index contributed by atoms with van der Waals surface area (Å²) in [6.45, 7) is 2.11. The molecule has 2 nitrogen and oxygen atoms in total. The van der Waals surface area contributed by atoms with Gasteiger partial charge in [0.2, 0.25) is 0 Å². The van der Waals surface area contributed by atoms with Gasteiger partial charge in [-0.15, -0.1) is 0 Å². The summed E-state index contributed by atoms with van der Waals surface area (Å²) >= 11 is 8.78. The Hall–Kier alpha value is -0.360. The van der Waals surface area contributed by atoms with E-state index >= 15 is 0 Å². The fourth-order valence-corrected chi connectivity index (χ4v) is 4.02. The Bertz CT molecular complexity index is 577. The van der Waals surface area contributed by atoms with Gasteiger partial charge in [0, 0.05) is 21.2 Å². The molecule has 1 heterocycles. The Kier molecular flexibility index (Phi) is 6.08. The largest absolute Gasteiger partial charge is 0.326 e. The maximum atomic E-state index is 6.32. The predicted molar refractivity (Wildman–Crippen MR) is 92.9 cm³/mol. The number of aromatic nitrogens is 1. The minimum atomic E-state index is 0.0863. The number of rotatable bonds is 5. The van der Waals surface area contributed by atoms with E-state index in [4.69, 9.17) is 5.73 Å². The topological polar surface area (TPSA) is 38.9 Å². The van der Waals surface area contributed by atoms with E-state index in [1.54, 1.807) is 11.8 Å². The second-order valence-corrected chi connectivity index (χ2v) is 7.36. The summed E-state index contributed by atoms with van der Waals surface area (Å²) in [7, 11) is 0. The molecule has 0 amide bonds. The normalized spacial score (nSPS) is 14.0. The molecule has 0 saturated heterocycles. The molecule has 0 spiro atoms. The lowest BCUT2D eigenvalue weighted by molar-refractivity contribution is 0.633. The molecular formula is C15H16Br2N2S. The lowest BCUT2D eigenvalue weighted by Crippen LogP contribution is -2.25. The van der Waals surface area contributed by atoms with Crippen molar-refractivity contribution < 1.29 is 0 Å². The summed E-state index contributed by atoms with van der Waals surface area (Å²) in [4.78, 5) is 4.43. The van der Waals surface area contributed by atoms with Gasteiger partial charge in [0.25, 0.3) is 0 Å². The number of nitrogens with zero attached hydrogens (tertiary/aromatic N) is 1. The van der Waals surface area contributed by atoms with Crippen LogP contribution in [0.25, 0.3) is 0 Å². The molecule has 0 aliphatic heterocycles. The van der Waals surface area contributed by atoms with Crippen LogP contribution in [0.5, 0.6) is 0 Å². The molecule has 1 aromatic heterocycles. The van der Waals surface area contributed by atoms with Gasteiger partial charge in [-0.3, -0.25) is 0 Å². The van der Waals surface area contributed by atoms with Gasteiger partial charge in [-0.1, -0.05) is 46.7 Å². The van der Waals surface area contributed by atoms with Crippen LogP contribution >= 0.6 is 43.6 Å². The molecule has 2 rings (SSSR count). The van der Waals surface area contributed by atoms with Crippen LogP contribution in [0.1, 0.15) is 24.2 Å². The summed E-state index contributed by atoms with van der Waals surface area (Å²) in [5, 5.41) is 1.16. The molecule has 0 fully saturated rings. The van der Waals surface area contributed by atoms with Crippen LogP contribution in [0.2, 0.25) is 0 Å². The molecule has 2 atom stereocenters. The van der Waals surface area contributed by atoms with Crippen molar-refractivity contribution >= 4 is 43.6 Å². The Morgan fingerprint density at radius 1 is 1.25 bits per heavy atom. The molecular weight excluding hydrogens is 400 g/mol. The average molecular weight is 416 g/mol. The Balaban J connectivity index is 2.31. The zero-order chi connectivity index (χ0) is 14.5. The highest BCUT2D eigenvalue weighted by Gasteiger charge is 2.21. The van der Waals surface area contributed by atoms with Crippen molar-refractivity contribution in [2.24, 2.45) is 5.73 Å². The standard InChI is InChI=1S/C15H16Br2N2S/c1-2-13(18)14(10-5-3-6-11(16)9-10)20-15-12(17)7-4-8-19-15/h3-9,13-14H,2,18H2,1H3. The van der Waals surface area contributed by atoms with E-state index < -0.39 is 0 Å². The first-order valence-corrected chi connectivity index (χ1v) is 8.86. The molecule has 0 saturated carbocycles. The van der Waals surface area contributed by atoms with Crippen molar-refractivity contribution in [3.05, 3.63) is 57.1 Å². The molecule has 2 aromatic rings. The van der Waals surface area contributed by atoms with Crippen LogP contribution in [0.3, 0.4) is 0 Å². The quantitative estimate of drug-likeness (QED) is 0.684. The van der Waals surface area contributed by atoms with Gasteiger partial charge in [0.05, 0.1) is 5.25 Å². The monoisotopic (exact) mass is 414 g/mol. The zero-order valence-electron chi connectivity index (χ0n) is 11.1. The number of pyridine rings is 1. The second-order valence-electron chi connectivity index (χ2n) is 4.46. The first kappa shape index (κ1) is 16.0. The molecule has 5 heteroatoms. The highest BCUT2D eigenvalue weighted by atomic mass is 79.9. The first-order valence-electron chi connectivity index (χ1n) is 6.40. The first-order chi connectivity index (χ1) is 9.61. The van der Waals surface area contributed by atoms with Gasteiger partial charge in [-0.2, -0.15) is 0 Å². The van der Waals surface area contributed by atoms with Crippen molar-refractivity contribution in [1.29, 1.82) is 0 Å². The zero-order valence-corrected chi connectivity index (χ0v) is 15.1. The summed E-state index contributed by atoms with van der Waals surface area (Å²) in [6.07, 6.45) is 2.73.